The lowest BCUT2D eigenvalue weighted by Crippen LogP contribution is -2.17. The standard InChI is InChI=1S/C22H43N3O5/c1-3-4-5-6-7-8-9-22(25-23)20-24-11-13-28-15-17-30-19-18-29-16-14-27-12-10-21(2)26/h20,23-24H,3-19H2,1-2H3/b22-20-,25-23?. The molecule has 0 aliphatic rings. The maximum absolute atomic E-state index is 10.7. The van der Waals surface area contributed by atoms with Gasteiger partial charge in [-0.2, -0.15) is 5.11 Å². The minimum absolute atomic E-state index is 0.135. The molecule has 0 radical (unpaired) electrons. The van der Waals surface area contributed by atoms with E-state index in [0.29, 0.717) is 65.8 Å². The summed E-state index contributed by atoms with van der Waals surface area (Å²) in [6.07, 6.45) is 10.6. The van der Waals surface area contributed by atoms with E-state index >= 15 is 0 Å². The normalized spacial score (nSPS) is 11.6. The molecule has 0 aliphatic carbocycles. The Bertz CT molecular complexity index is 433. The molecule has 0 atom stereocenters. The summed E-state index contributed by atoms with van der Waals surface area (Å²) in [6, 6.07) is 0. The fourth-order valence-corrected chi connectivity index (χ4v) is 2.55. The summed E-state index contributed by atoms with van der Waals surface area (Å²) in [5, 5.41) is 6.74. The van der Waals surface area contributed by atoms with Crippen LogP contribution in [0.1, 0.15) is 65.2 Å². The van der Waals surface area contributed by atoms with E-state index in [9.17, 15) is 4.79 Å². The van der Waals surface area contributed by atoms with Crippen molar-refractivity contribution in [3.8, 4) is 0 Å². The quantitative estimate of drug-likeness (QED) is 0.176. The molecule has 2 N–H and O–H groups in total. The predicted molar refractivity (Wildman–Crippen MR) is 118 cm³/mol. The van der Waals surface area contributed by atoms with E-state index in [0.717, 1.165) is 18.5 Å². The van der Waals surface area contributed by atoms with Crippen LogP contribution in [0.2, 0.25) is 0 Å². The summed E-state index contributed by atoms with van der Waals surface area (Å²) in [7, 11) is 0. The molecule has 0 fully saturated rings. The average Bonchev–Trinajstić information content (AvgIpc) is 2.74. The molecule has 8 heteroatoms. The Labute approximate surface area is 182 Å². The van der Waals surface area contributed by atoms with Gasteiger partial charge in [0.25, 0.3) is 0 Å². The van der Waals surface area contributed by atoms with Gasteiger partial charge in [-0.05, 0) is 19.8 Å². The fraction of sp³-hybridized carbons (Fsp3) is 0.864. The van der Waals surface area contributed by atoms with E-state index in [-0.39, 0.29) is 5.78 Å². The second kappa shape index (κ2) is 23.9. The number of carbonyl (C=O) groups is 1. The van der Waals surface area contributed by atoms with Crippen LogP contribution in [0.5, 0.6) is 0 Å². The summed E-state index contributed by atoms with van der Waals surface area (Å²) in [4.78, 5) is 10.7. The van der Waals surface area contributed by atoms with Crippen LogP contribution in [0.4, 0.5) is 0 Å². The first-order chi connectivity index (χ1) is 14.7. The summed E-state index contributed by atoms with van der Waals surface area (Å²) in [5.41, 5.74) is 8.03. The molecule has 0 amide bonds. The topological polar surface area (TPSA) is 102 Å². The van der Waals surface area contributed by atoms with E-state index in [2.05, 4.69) is 17.4 Å². The van der Waals surface area contributed by atoms with Crippen molar-refractivity contribution in [2.24, 2.45) is 5.11 Å². The van der Waals surface area contributed by atoms with Crippen LogP contribution in [-0.2, 0) is 23.7 Å². The molecule has 30 heavy (non-hydrogen) atoms. The van der Waals surface area contributed by atoms with Crippen molar-refractivity contribution in [3.63, 3.8) is 0 Å². The van der Waals surface area contributed by atoms with Crippen LogP contribution in [0.15, 0.2) is 17.0 Å². The van der Waals surface area contributed by atoms with Gasteiger partial charge in [-0.1, -0.05) is 39.0 Å². The van der Waals surface area contributed by atoms with Gasteiger partial charge in [-0.15, -0.1) is 0 Å². The smallest absolute Gasteiger partial charge is 0.132 e. The summed E-state index contributed by atoms with van der Waals surface area (Å²) in [5.74, 6) is 0.135. The minimum Gasteiger partial charge on any atom is -0.387 e. The third-order valence-corrected chi connectivity index (χ3v) is 4.30. The number of nitrogens with zero attached hydrogens (tertiary/aromatic N) is 1. The number of ketones is 1. The maximum Gasteiger partial charge on any atom is 0.132 e. The Balaban J connectivity index is 3.32. The first kappa shape index (κ1) is 28.6. The van der Waals surface area contributed by atoms with E-state index in [1.807, 2.05) is 6.20 Å². The number of Topliss-reactive ketones (excluding diaryl/α,β-unsaturated/α-hetero) is 1. The Kier molecular flexibility index (Phi) is 22.8. The van der Waals surface area contributed by atoms with Gasteiger partial charge in [-0.25, -0.2) is 5.53 Å². The summed E-state index contributed by atoms with van der Waals surface area (Å²) < 4.78 is 21.6. The van der Waals surface area contributed by atoms with Crippen LogP contribution in [0.25, 0.3) is 0 Å². The highest BCUT2D eigenvalue weighted by atomic mass is 16.6. The Morgan fingerprint density at radius 3 is 1.90 bits per heavy atom. The largest absolute Gasteiger partial charge is 0.387 e. The highest BCUT2D eigenvalue weighted by Gasteiger charge is 1.97. The second-order valence-corrected chi connectivity index (χ2v) is 7.12. The average molecular weight is 430 g/mol. The molecule has 0 heterocycles. The molecule has 0 aromatic heterocycles. The van der Waals surface area contributed by atoms with Gasteiger partial charge in [0.2, 0.25) is 0 Å². The van der Waals surface area contributed by atoms with Gasteiger partial charge >= 0.3 is 0 Å². The fourth-order valence-electron chi connectivity index (χ4n) is 2.55. The number of allylic oxidation sites excluding steroid dienone is 1. The van der Waals surface area contributed by atoms with Crippen LogP contribution >= 0.6 is 0 Å². The minimum atomic E-state index is 0.135. The van der Waals surface area contributed by atoms with Crippen LogP contribution in [-0.4, -0.2) is 65.2 Å². The molecule has 0 aromatic carbocycles. The highest BCUT2D eigenvalue weighted by Crippen LogP contribution is 2.11. The predicted octanol–water partition coefficient (Wildman–Crippen LogP) is 4.24. The van der Waals surface area contributed by atoms with Crippen LogP contribution < -0.4 is 5.32 Å². The molecule has 0 spiro atoms. The maximum atomic E-state index is 10.7. The van der Waals surface area contributed by atoms with Gasteiger partial charge in [0.15, 0.2) is 0 Å². The lowest BCUT2D eigenvalue weighted by Gasteiger charge is -2.07. The summed E-state index contributed by atoms with van der Waals surface area (Å²) >= 11 is 0. The molecule has 0 aliphatic heterocycles. The van der Waals surface area contributed by atoms with E-state index in [1.165, 1.54) is 32.1 Å². The zero-order valence-corrected chi connectivity index (χ0v) is 19.1. The van der Waals surface area contributed by atoms with Crippen molar-refractivity contribution < 1.29 is 23.7 Å². The van der Waals surface area contributed by atoms with Crippen molar-refractivity contribution in [2.45, 2.75) is 65.2 Å². The van der Waals surface area contributed by atoms with Gasteiger partial charge in [0, 0.05) is 19.2 Å². The zero-order valence-electron chi connectivity index (χ0n) is 19.1. The van der Waals surface area contributed by atoms with Gasteiger partial charge in [-0.3, -0.25) is 4.79 Å². The van der Waals surface area contributed by atoms with Crippen molar-refractivity contribution in [2.75, 3.05) is 59.4 Å². The van der Waals surface area contributed by atoms with Crippen LogP contribution in [0.3, 0.4) is 0 Å². The SMILES string of the molecule is CCCCCCCC/C(=C/NCCOCCOCCOCCOCCC(C)=O)N=N. The molecule has 0 saturated heterocycles. The lowest BCUT2D eigenvalue weighted by molar-refractivity contribution is -0.118. The molecular weight excluding hydrogens is 386 g/mol. The van der Waals surface area contributed by atoms with E-state index < -0.39 is 0 Å². The van der Waals surface area contributed by atoms with Crippen molar-refractivity contribution in [1.82, 2.24) is 5.32 Å². The number of carbonyl (C=O) groups excluding carboxylic acids is 1. The van der Waals surface area contributed by atoms with Crippen molar-refractivity contribution in [1.29, 1.82) is 5.53 Å². The number of unbranched alkanes of at least 4 members (excludes halogenated alkanes) is 5. The number of hydrogen-bond donors (Lipinski definition) is 2. The van der Waals surface area contributed by atoms with Crippen molar-refractivity contribution >= 4 is 5.78 Å². The number of nitrogens with one attached hydrogen (secondary N) is 2. The number of hydrogen-bond acceptors (Lipinski definition) is 8. The molecule has 0 unspecified atom stereocenters. The second-order valence-electron chi connectivity index (χ2n) is 7.12. The van der Waals surface area contributed by atoms with E-state index in [1.54, 1.807) is 6.92 Å². The Morgan fingerprint density at radius 1 is 0.800 bits per heavy atom. The van der Waals surface area contributed by atoms with Gasteiger partial charge in [0.05, 0.1) is 58.6 Å². The zero-order chi connectivity index (χ0) is 22.1. The summed E-state index contributed by atoms with van der Waals surface area (Å²) in [6.45, 7) is 8.58. The number of ether oxygens (including phenoxy) is 4. The highest BCUT2D eigenvalue weighted by molar-refractivity contribution is 5.75. The first-order valence-corrected chi connectivity index (χ1v) is 11.3. The molecule has 0 saturated carbocycles. The molecule has 0 rings (SSSR count). The molecule has 176 valence electrons. The lowest BCUT2D eigenvalue weighted by atomic mass is 10.1. The van der Waals surface area contributed by atoms with Crippen molar-refractivity contribution in [3.05, 3.63) is 11.9 Å². The third-order valence-electron chi connectivity index (χ3n) is 4.30. The van der Waals surface area contributed by atoms with E-state index in [4.69, 9.17) is 24.5 Å². The van der Waals surface area contributed by atoms with Gasteiger partial charge in [0.1, 0.15) is 5.78 Å². The van der Waals surface area contributed by atoms with Crippen LogP contribution in [0, 0.1) is 5.53 Å². The molecule has 0 aromatic rings. The molecule has 0 bridgehead atoms. The first-order valence-electron chi connectivity index (χ1n) is 11.3. The molecule has 8 nitrogen and oxygen atoms in total. The number of rotatable bonds is 24. The third kappa shape index (κ3) is 22.9. The molecular formula is C22H43N3O5. The Morgan fingerprint density at radius 2 is 1.33 bits per heavy atom. The Hall–Kier alpha value is -1.35. The monoisotopic (exact) mass is 429 g/mol. The van der Waals surface area contributed by atoms with Gasteiger partial charge < -0.3 is 24.3 Å².